The topological polar surface area (TPSA) is 126 Å². The fourth-order valence-corrected chi connectivity index (χ4v) is 1.64. The first-order valence-corrected chi connectivity index (χ1v) is 5.86. The molecule has 2 aromatic rings. The molecule has 0 radical (unpaired) electrons. The first kappa shape index (κ1) is 14.2. The molecule has 9 nitrogen and oxygen atoms in total. The van der Waals surface area contributed by atoms with Gasteiger partial charge in [0.1, 0.15) is 5.69 Å². The number of non-ortho nitro benzene ring substituents is 1. The highest BCUT2D eigenvalue weighted by Gasteiger charge is 2.19. The SMILES string of the molecule is CC(=NNc1ccc([N+](=O)[O-])cc1[N+](=O)[O-])c1ccc[nH]1. The molecule has 9 heteroatoms. The number of hydrogen-bond acceptors (Lipinski definition) is 6. The summed E-state index contributed by atoms with van der Waals surface area (Å²) in [7, 11) is 0. The van der Waals surface area contributed by atoms with Gasteiger partial charge in [-0.1, -0.05) is 0 Å². The van der Waals surface area contributed by atoms with Crippen molar-refractivity contribution in [3.63, 3.8) is 0 Å². The lowest BCUT2D eigenvalue weighted by atomic mass is 10.2. The molecule has 0 atom stereocenters. The summed E-state index contributed by atoms with van der Waals surface area (Å²) in [6.07, 6.45) is 1.72. The van der Waals surface area contributed by atoms with Crippen molar-refractivity contribution in [2.24, 2.45) is 5.10 Å². The summed E-state index contributed by atoms with van der Waals surface area (Å²) in [5, 5.41) is 25.6. The monoisotopic (exact) mass is 289 g/mol. The molecule has 0 fully saturated rings. The molecular formula is C12H11N5O4. The van der Waals surface area contributed by atoms with Gasteiger partial charge < -0.3 is 4.98 Å². The van der Waals surface area contributed by atoms with E-state index < -0.39 is 15.5 Å². The van der Waals surface area contributed by atoms with Crippen LogP contribution >= 0.6 is 0 Å². The second-order valence-electron chi connectivity index (χ2n) is 4.11. The molecule has 1 aromatic carbocycles. The van der Waals surface area contributed by atoms with Gasteiger partial charge in [0, 0.05) is 12.3 Å². The minimum Gasteiger partial charge on any atom is -0.360 e. The maximum Gasteiger partial charge on any atom is 0.301 e. The number of hydrogen-bond donors (Lipinski definition) is 2. The summed E-state index contributed by atoms with van der Waals surface area (Å²) in [5.41, 5.74) is 3.22. The van der Waals surface area contributed by atoms with Crippen molar-refractivity contribution in [3.05, 3.63) is 62.5 Å². The summed E-state index contributed by atoms with van der Waals surface area (Å²) in [5.74, 6) is 0. The van der Waals surface area contributed by atoms with Crippen LogP contribution in [0.2, 0.25) is 0 Å². The van der Waals surface area contributed by atoms with Crippen molar-refractivity contribution in [2.75, 3.05) is 5.43 Å². The number of aromatic amines is 1. The summed E-state index contributed by atoms with van der Waals surface area (Å²) >= 11 is 0. The van der Waals surface area contributed by atoms with Crippen LogP contribution in [0.15, 0.2) is 41.6 Å². The van der Waals surface area contributed by atoms with Crippen molar-refractivity contribution in [3.8, 4) is 0 Å². The van der Waals surface area contributed by atoms with Gasteiger partial charge in [-0.2, -0.15) is 5.10 Å². The maximum absolute atomic E-state index is 11.0. The Morgan fingerprint density at radius 3 is 2.57 bits per heavy atom. The van der Waals surface area contributed by atoms with Crippen molar-refractivity contribution in [1.82, 2.24) is 4.98 Å². The predicted octanol–water partition coefficient (Wildman–Crippen LogP) is 2.67. The van der Waals surface area contributed by atoms with Crippen molar-refractivity contribution >= 4 is 22.8 Å². The van der Waals surface area contributed by atoms with Crippen LogP contribution in [0, 0.1) is 20.2 Å². The number of benzene rings is 1. The van der Waals surface area contributed by atoms with Gasteiger partial charge in [-0.25, -0.2) is 0 Å². The van der Waals surface area contributed by atoms with Gasteiger partial charge in [-0.05, 0) is 25.1 Å². The summed E-state index contributed by atoms with van der Waals surface area (Å²) < 4.78 is 0. The van der Waals surface area contributed by atoms with Gasteiger partial charge in [-0.3, -0.25) is 25.7 Å². The average Bonchev–Trinajstić information content (AvgIpc) is 2.98. The van der Waals surface area contributed by atoms with Crippen LogP contribution in [-0.4, -0.2) is 20.5 Å². The maximum atomic E-state index is 11.0. The molecular weight excluding hydrogens is 278 g/mol. The zero-order valence-electron chi connectivity index (χ0n) is 10.9. The highest BCUT2D eigenvalue weighted by molar-refractivity contribution is 5.97. The minimum absolute atomic E-state index is 0.0801. The van der Waals surface area contributed by atoms with Crippen LogP contribution in [0.5, 0.6) is 0 Å². The van der Waals surface area contributed by atoms with Gasteiger partial charge >= 0.3 is 5.69 Å². The summed E-state index contributed by atoms with van der Waals surface area (Å²) in [6.45, 7) is 1.72. The van der Waals surface area contributed by atoms with Crippen LogP contribution < -0.4 is 5.43 Å². The summed E-state index contributed by atoms with van der Waals surface area (Å²) in [4.78, 5) is 23.1. The molecule has 21 heavy (non-hydrogen) atoms. The standard InChI is InChI=1S/C12H11N5O4/c1-8(10-3-2-6-13-10)14-15-11-5-4-9(16(18)19)7-12(11)17(20)21/h2-7,13,15H,1H3. The smallest absolute Gasteiger partial charge is 0.301 e. The number of rotatable bonds is 5. The van der Waals surface area contributed by atoms with Crippen LogP contribution in [0.3, 0.4) is 0 Å². The first-order valence-electron chi connectivity index (χ1n) is 5.86. The minimum atomic E-state index is -0.700. The molecule has 1 aromatic heterocycles. The number of hydrazone groups is 1. The Balaban J connectivity index is 2.29. The highest BCUT2D eigenvalue weighted by Crippen LogP contribution is 2.28. The zero-order valence-corrected chi connectivity index (χ0v) is 10.9. The van der Waals surface area contributed by atoms with E-state index in [0.29, 0.717) is 5.71 Å². The predicted molar refractivity (Wildman–Crippen MR) is 76.4 cm³/mol. The van der Waals surface area contributed by atoms with E-state index in [1.165, 1.54) is 12.1 Å². The third-order valence-corrected chi connectivity index (χ3v) is 2.72. The normalized spacial score (nSPS) is 11.2. The lowest BCUT2D eigenvalue weighted by Gasteiger charge is -2.03. The number of aromatic nitrogens is 1. The number of nitro groups is 2. The Morgan fingerprint density at radius 2 is 2.00 bits per heavy atom. The third-order valence-electron chi connectivity index (χ3n) is 2.72. The number of nitrogens with zero attached hydrogens (tertiary/aromatic N) is 3. The lowest BCUT2D eigenvalue weighted by molar-refractivity contribution is -0.393. The van der Waals surface area contributed by atoms with E-state index in [-0.39, 0.29) is 11.4 Å². The molecule has 0 spiro atoms. The van der Waals surface area contributed by atoms with Crippen molar-refractivity contribution in [2.45, 2.75) is 6.92 Å². The molecule has 0 aliphatic carbocycles. The first-order chi connectivity index (χ1) is 9.99. The van der Waals surface area contributed by atoms with E-state index in [4.69, 9.17) is 0 Å². The number of H-pyrrole nitrogens is 1. The largest absolute Gasteiger partial charge is 0.360 e. The van der Waals surface area contributed by atoms with Gasteiger partial charge in [0.05, 0.1) is 27.3 Å². The van der Waals surface area contributed by atoms with E-state index in [1.54, 1.807) is 25.3 Å². The molecule has 0 aliphatic heterocycles. The van der Waals surface area contributed by atoms with Crippen molar-refractivity contribution in [1.29, 1.82) is 0 Å². The van der Waals surface area contributed by atoms with E-state index in [2.05, 4.69) is 15.5 Å². The van der Waals surface area contributed by atoms with Gasteiger partial charge in [0.2, 0.25) is 0 Å². The number of nitrogens with one attached hydrogen (secondary N) is 2. The molecule has 0 unspecified atom stereocenters. The van der Waals surface area contributed by atoms with E-state index in [9.17, 15) is 20.2 Å². The van der Waals surface area contributed by atoms with Crippen LogP contribution in [-0.2, 0) is 0 Å². The van der Waals surface area contributed by atoms with Crippen LogP contribution in [0.4, 0.5) is 17.1 Å². The van der Waals surface area contributed by atoms with E-state index in [1.807, 2.05) is 0 Å². The molecule has 1 heterocycles. The summed E-state index contributed by atoms with van der Waals surface area (Å²) in [6, 6.07) is 6.91. The second-order valence-corrected chi connectivity index (χ2v) is 4.11. The Labute approximate surface area is 118 Å². The van der Waals surface area contributed by atoms with Gasteiger partial charge in [-0.15, -0.1) is 0 Å². The molecule has 2 N–H and O–H groups in total. The molecule has 2 rings (SSSR count). The molecule has 0 aliphatic rings. The van der Waals surface area contributed by atoms with Crippen LogP contribution in [0.25, 0.3) is 0 Å². The fourth-order valence-electron chi connectivity index (χ4n) is 1.64. The van der Waals surface area contributed by atoms with Crippen molar-refractivity contribution < 1.29 is 9.85 Å². The Bertz CT molecular complexity index is 708. The second kappa shape index (κ2) is 5.82. The average molecular weight is 289 g/mol. The lowest BCUT2D eigenvalue weighted by Crippen LogP contribution is -2.02. The Hall–Kier alpha value is -3.23. The third kappa shape index (κ3) is 3.21. The molecule has 0 bridgehead atoms. The molecule has 0 amide bonds. The van der Waals surface area contributed by atoms with Gasteiger partial charge in [0.15, 0.2) is 0 Å². The zero-order chi connectivity index (χ0) is 15.4. The van der Waals surface area contributed by atoms with E-state index >= 15 is 0 Å². The fraction of sp³-hybridized carbons (Fsp3) is 0.0833. The van der Waals surface area contributed by atoms with Gasteiger partial charge in [0.25, 0.3) is 5.69 Å². The number of nitro benzene ring substituents is 2. The van der Waals surface area contributed by atoms with Crippen LogP contribution in [0.1, 0.15) is 12.6 Å². The Kier molecular flexibility index (Phi) is 3.93. The quantitative estimate of drug-likeness (QED) is 0.497. The molecule has 0 saturated heterocycles. The Morgan fingerprint density at radius 1 is 1.24 bits per heavy atom. The molecule has 0 saturated carbocycles. The highest BCUT2D eigenvalue weighted by atomic mass is 16.6. The van der Waals surface area contributed by atoms with E-state index in [0.717, 1.165) is 11.8 Å². The molecule has 108 valence electrons. The number of anilines is 1.